The highest BCUT2D eigenvalue weighted by atomic mass is 15.3. The highest BCUT2D eigenvalue weighted by molar-refractivity contribution is 5.20. The smallest absolute Gasteiger partial charge is 0.0624 e. The van der Waals surface area contributed by atoms with E-state index >= 15 is 0 Å². The second-order valence-corrected chi connectivity index (χ2v) is 5.83. The first kappa shape index (κ1) is 15.8. The van der Waals surface area contributed by atoms with E-state index in [1.54, 1.807) is 0 Å². The third-order valence-corrected chi connectivity index (χ3v) is 3.85. The van der Waals surface area contributed by atoms with Crippen LogP contribution in [0, 0.1) is 0 Å². The second kappa shape index (κ2) is 7.99. The zero-order valence-electron chi connectivity index (χ0n) is 13.4. The fourth-order valence-electron chi connectivity index (χ4n) is 2.55. The molecular formula is C18H27N3. The van der Waals surface area contributed by atoms with Crippen LogP contribution in [0.4, 0.5) is 0 Å². The molecule has 0 radical (unpaired) electrons. The number of hydrogen-bond acceptors (Lipinski definition) is 2. The quantitative estimate of drug-likeness (QED) is 0.799. The first-order valence-electron chi connectivity index (χ1n) is 8.00. The standard InChI is InChI=1S/C18H27N3/c1-4-19-14-17(16-8-6-5-7-9-16)10-11-18-12-13-21(20-18)15(2)3/h5-9,12-13,15,17,19H,4,10-11,14H2,1-3H3. The van der Waals surface area contributed by atoms with Gasteiger partial charge in [0.15, 0.2) is 0 Å². The second-order valence-electron chi connectivity index (χ2n) is 5.83. The van der Waals surface area contributed by atoms with Gasteiger partial charge in [-0.25, -0.2) is 0 Å². The molecule has 0 aliphatic heterocycles. The number of nitrogens with one attached hydrogen (secondary N) is 1. The van der Waals surface area contributed by atoms with Crippen molar-refractivity contribution in [3.05, 3.63) is 53.9 Å². The molecular weight excluding hydrogens is 258 g/mol. The van der Waals surface area contributed by atoms with E-state index in [-0.39, 0.29) is 0 Å². The number of rotatable bonds is 8. The molecule has 1 aromatic carbocycles. The van der Waals surface area contributed by atoms with Gasteiger partial charge in [-0.05, 0) is 50.8 Å². The van der Waals surface area contributed by atoms with E-state index in [0.717, 1.165) is 25.9 Å². The van der Waals surface area contributed by atoms with Crippen molar-refractivity contribution in [2.75, 3.05) is 13.1 Å². The summed E-state index contributed by atoms with van der Waals surface area (Å²) in [5, 5.41) is 8.13. The van der Waals surface area contributed by atoms with Gasteiger partial charge in [0.25, 0.3) is 0 Å². The summed E-state index contributed by atoms with van der Waals surface area (Å²) >= 11 is 0. The summed E-state index contributed by atoms with van der Waals surface area (Å²) in [5.41, 5.74) is 2.61. The number of aryl methyl sites for hydroxylation is 1. The highest BCUT2D eigenvalue weighted by Gasteiger charge is 2.12. The van der Waals surface area contributed by atoms with E-state index in [4.69, 9.17) is 0 Å². The van der Waals surface area contributed by atoms with Crippen molar-refractivity contribution in [3.63, 3.8) is 0 Å². The molecule has 0 amide bonds. The van der Waals surface area contributed by atoms with Gasteiger partial charge in [-0.3, -0.25) is 4.68 Å². The molecule has 0 bridgehead atoms. The number of likely N-dealkylation sites (N-methyl/N-ethyl adjacent to an activating group) is 1. The SMILES string of the molecule is CCNCC(CCc1ccn(C(C)C)n1)c1ccccc1. The van der Waals surface area contributed by atoms with Crippen LogP contribution >= 0.6 is 0 Å². The number of nitrogens with zero attached hydrogens (tertiary/aromatic N) is 2. The maximum absolute atomic E-state index is 4.65. The Labute approximate surface area is 128 Å². The van der Waals surface area contributed by atoms with Crippen LogP contribution in [-0.4, -0.2) is 22.9 Å². The third kappa shape index (κ3) is 4.71. The molecule has 21 heavy (non-hydrogen) atoms. The number of aromatic nitrogens is 2. The molecule has 2 aromatic rings. The number of hydrogen-bond donors (Lipinski definition) is 1. The van der Waals surface area contributed by atoms with Gasteiger partial charge in [-0.1, -0.05) is 37.3 Å². The Bertz CT molecular complexity index is 516. The minimum absolute atomic E-state index is 0.436. The van der Waals surface area contributed by atoms with Crippen LogP contribution in [0.25, 0.3) is 0 Å². The van der Waals surface area contributed by atoms with E-state index in [1.165, 1.54) is 11.3 Å². The van der Waals surface area contributed by atoms with Crippen molar-refractivity contribution in [2.24, 2.45) is 0 Å². The van der Waals surface area contributed by atoms with E-state index < -0.39 is 0 Å². The number of benzene rings is 1. The normalized spacial score (nSPS) is 12.8. The Kier molecular flexibility index (Phi) is 6.00. The first-order chi connectivity index (χ1) is 10.2. The molecule has 1 atom stereocenters. The average Bonchev–Trinajstić information content (AvgIpc) is 2.97. The zero-order chi connectivity index (χ0) is 15.1. The van der Waals surface area contributed by atoms with Crippen molar-refractivity contribution in [1.82, 2.24) is 15.1 Å². The van der Waals surface area contributed by atoms with Gasteiger partial charge in [0, 0.05) is 18.8 Å². The lowest BCUT2D eigenvalue weighted by molar-refractivity contribution is 0.517. The Morgan fingerprint density at radius 3 is 2.52 bits per heavy atom. The Balaban J connectivity index is 1.98. The summed E-state index contributed by atoms with van der Waals surface area (Å²) in [6, 6.07) is 13.4. The molecule has 0 aliphatic rings. The molecule has 2 rings (SSSR count). The van der Waals surface area contributed by atoms with Crippen LogP contribution in [0.5, 0.6) is 0 Å². The van der Waals surface area contributed by atoms with Crippen molar-refractivity contribution in [2.45, 2.75) is 45.6 Å². The van der Waals surface area contributed by atoms with E-state index in [2.05, 4.69) is 73.8 Å². The molecule has 0 spiro atoms. The first-order valence-corrected chi connectivity index (χ1v) is 8.00. The minimum Gasteiger partial charge on any atom is -0.316 e. The summed E-state index contributed by atoms with van der Waals surface area (Å²) in [5.74, 6) is 0.551. The van der Waals surface area contributed by atoms with Crippen LogP contribution in [0.2, 0.25) is 0 Å². The van der Waals surface area contributed by atoms with Gasteiger partial charge < -0.3 is 5.32 Å². The Morgan fingerprint density at radius 1 is 1.14 bits per heavy atom. The van der Waals surface area contributed by atoms with Crippen molar-refractivity contribution in [1.29, 1.82) is 0 Å². The van der Waals surface area contributed by atoms with Gasteiger partial charge in [0.05, 0.1) is 5.69 Å². The summed E-state index contributed by atoms with van der Waals surface area (Å²) < 4.78 is 2.04. The van der Waals surface area contributed by atoms with E-state index in [0.29, 0.717) is 12.0 Å². The highest BCUT2D eigenvalue weighted by Crippen LogP contribution is 2.21. The molecule has 0 fully saturated rings. The van der Waals surface area contributed by atoms with Crippen LogP contribution in [0.15, 0.2) is 42.6 Å². The van der Waals surface area contributed by atoms with Gasteiger partial charge in [0.1, 0.15) is 0 Å². The Hall–Kier alpha value is -1.61. The average molecular weight is 285 g/mol. The van der Waals surface area contributed by atoms with E-state index in [1.807, 2.05) is 4.68 Å². The molecule has 0 saturated heterocycles. The van der Waals surface area contributed by atoms with Crippen LogP contribution in [-0.2, 0) is 6.42 Å². The van der Waals surface area contributed by atoms with Crippen LogP contribution < -0.4 is 5.32 Å². The van der Waals surface area contributed by atoms with Crippen LogP contribution in [0.3, 0.4) is 0 Å². The van der Waals surface area contributed by atoms with Gasteiger partial charge in [-0.15, -0.1) is 0 Å². The summed E-state index contributed by atoms with van der Waals surface area (Å²) in [4.78, 5) is 0. The summed E-state index contributed by atoms with van der Waals surface area (Å²) in [6.45, 7) is 8.53. The van der Waals surface area contributed by atoms with Gasteiger partial charge in [0.2, 0.25) is 0 Å². The largest absolute Gasteiger partial charge is 0.316 e. The van der Waals surface area contributed by atoms with Gasteiger partial charge >= 0.3 is 0 Å². The maximum Gasteiger partial charge on any atom is 0.0624 e. The summed E-state index contributed by atoms with van der Waals surface area (Å²) in [6.07, 6.45) is 4.25. The molecule has 1 unspecified atom stereocenters. The molecule has 1 N–H and O–H groups in total. The predicted octanol–water partition coefficient (Wildman–Crippen LogP) is 3.79. The molecule has 0 saturated carbocycles. The molecule has 1 aromatic heterocycles. The topological polar surface area (TPSA) is 29.9 Å². The van der Waals surface area contributed by atoms with Gasteiger partial charge in [-0.2, -0.15) is 5.10 Å². The lowest BCUT2D eigenvalue weighted by Gasteiger charge is -2.17. The maximum atomic E-state index is 4.65. The van der Waals surface area contributed by atoms with E-state index in [9.17, 15) is 0 Å². The lowest BCUT2D eigenvalue weighted by atomic mass is 9.93. The fourth-order valence-corrected chi connectivity index (χ4v) is 2.55. The summed E-state index contributed by atoms with van der Waals surface area (Å²) in [7, 11) is 0. The van der Waals surface area contributed by atoms with Crippen molar-refractivity contribution in [3.8, 4) is 0 Å². The molecule has 1 heterocycles. The Morgan fingerprint density at radius 2 is 1.90 bits per heavy atom. The third-order valence-electron chi connectivity index (χ3n) is 3.85. The zero-order valence-corrected chi connectivity index (χ0v) is 13.4. The van der Waals surface area contributed by atoms with Crippen molar-refractivity contribution < 1.29 is 0 Å². The molecule has 114 valence electrons. The fraction of sp³-hybridized carbons (Fsp3) is 0.500. The molecule has 3 nitrogen and oxygen atoms in total. The van der Waals surface area contributed by atoms with Crippen LogP contribution in [0.1, 0.15) is 50.4 Å². The minimum atomic E-state index is 0.436. The monoisotopic (exact) mass is 285 g/mol. The molecule has 3 heteroatoms. The molecule has 0 aliphatic carbocycles. The predicted molar refractivity (Wildman–Crippen MR) is 88.7 cm³/mol. The lowest BCUT2D eigenvalue weighted by Crippen LogP contribution is -2.21. The van der Waals surface area contributed by atoms with Crippen molar-refractivity contribution >= 4 is 0 Å².